The van der Waals surface area contributed by atoms with E-state index in [0.29, 0.717) is 31.9 Å². The number of thiazole rings is 1. The number of carbonyl (C=O) groups is 1. The van der Waals surface area contributed by atoms with E-state index in [4.69, 9.17) is 4.42 Å². The monoisotopic (exact) mass is 428 g/mol. The minimum Gasteiger partial charge on any atom is -0.450 e. The van der Waals surface area contributed by atoms with Gasteiger partial charge in [-0.05, 0) is 35.9 Å². The number of rotatable bonds is 2. The Labute approximate surface area is 179 Å². The highest BCUT2D eigenvalue weighted by Gasteiger charge is 2.44. The first-order valence-electron chi connectivity index (χ1n) is 9.62. The summed E-state index contributed by atoms with van der Waals surface area (Å²) in [4.78, 5) is 33.0. The van der Waals surface area contributed by atoms with E-state index in [0.717, 1.165) is 5.56 Å². The molecule has 5 aromatic rings. The average Bonchev–Trinajstić information content (AvgIpc) is 3.33. The highest BCUT2D eigenvalue weighted by molar-refractivity contribution is 7.22. The van der Waals surface area contributed by atoms with Gasteiger partial charge in [-0.1, -0.05) is 53.8 Å². The van der Waals surface area contributed by atoms with Gasteiger partial charge >= 0.3 is 0 Å². The third kappa shape index (κ3) is 2.63. The van der Waals surface area contributed by atoms with E-state index in [1.165, 1.54) is 28.4 Å². The summed E-state index contributed by atoms with van der Waals surface area (Å²) in [5.74, 6) is -0.796. The fourth-order valence-corrected chi connectivity index (χ4v) is 5.07. The zero-order valence-electron chi connectivity index (χ0n) is 15.9. The Kier molecular flexibility index (Phi) is 3.82. The fraction of sp³-hybridized carbons (Fsp3) is 0.0417. The molecule has 3 heterocycles. The van der Waals surface area contributed by atoms with Gasteiger partial charge in [0.2, 0.25) is 5.76 Å². The van der Waals surface area contributed by atoms with Crippen molar-refractivity contribution in [3.63, 3.8) is 0 Å². The standard InChI is InChI=1S/C24H13FN2O3S/c25-14-10-11-16-18(12-14)31-24(26-16)27-20(13-6-2-1-3-7-13)19-21(28)15-8-4-5-9-17(15)30-22(19)23(27)29/h1-12,20H. The number of hydrogen-bond acceptors (Lipinski definition) is 5. The highest BCUT2D eigenvalue weighted by atomic mass is 32.1. The number of nitrogens with zero attached hydrogens (tertiary/aromatic N) is 2. The van der Waals surface area contributed by atoms with Crippen molar-refractivity contribution < 1.29 is 13.6 Å². The van der Waals surface area contributed by atoms with Gasteiger partial charge in [-0.15, -0.1) is 0 Å². The first-order valence-corrected chi connectivity index (χ1v) is 10.4. The molecule has 0 saturated carbocycles. The summed E-state index contributed by atoms with van der Waals surface area (Å²) in [5, 5.41) is 0.803. The summed E-state index contributed by atoms with van der Waals surface area (Å²) in [6.45, 7) is 0. The van der Waals surface area contributed by atoms with Crippen molar-refractivity contribution in [3.05, 3.63) is 106 Å². The number of anilines is 1. The molecule has 0 aliphatic carbocycles. The van der Waals surface area contributed by atoms with Crippen molar-refractivity contribution in [2.75, 3.05) is 4.90 Å². The lowest BCUT2D eigenvalue weighted by Gasteiger charge is -2.22. The molecule has 0 saturated heterocycles. The van der Waals surface area contributed by atoms with Crippen LogP contribution in [0.15, 0.2) is 82.0 Å². The number of para-hydroxylation sites is 1. The van der Waals surface area contributed by atoms with Crippen LogP contribution in [-0.4, -0.2) is 10.9 Å². The number of carbonyl (C=O) groups excluding carboxylic acids is 1. The molecular weight excluding hydrogens is 415 g/mol. The van der Waals surface area contributed by atoms with Crippen LogP contribution in [0.25, 0.3) is 21.2 Å². The van der Waals surface area contributed by atoms with Crippen molar-refractivity contribution in [1.29, 1.82) is 0 Å². The van der Waals surface area contributed by atoms with Crippen LogP contribution in [0.3, 0.4) is 0 Å². The smallest absolute Gasteiger partial charge is 0.297 e. The Morgan fingerprint density at radius 3 is 2.58 bits per heavy atom. The summed E-state index contributed by atoms with van der Waals surface area (Å²) in [7, 11) is 0. The fourth-order valence-electron chi connectivity index (χ4n) is 4.06. The number of benzene rings is 3. The lowest BCUT2D eigenvalue weighted by molar-refractivity contribution is 0.0971. The van der Waals surface area contributed by atoms with Crippen molar-refractivity contribution >= 4 is 43.6 Å². The van der Waals surface area contributed by atoms with E-state index in [9.17, 15) is 14.0 Å². The van der Waals surface area contributed by atoms with E-state index in [2.05, 4.69) is 4.98 Å². The van der Waals surface area contributed by atoms with Crippen LogP contribution < -0.4 is 10.3 Å². The number of aromatic nitrogens is 1. The predicted octanol–water partition coefficient (Wildman–Crippen LogP) is 5.29. The minimum atomic E-state index is -0.685. The summed E-state index contributed by atoms with van der Waals surface area (Å²) in [6, 6.07) is 19.8. The van der Waals surface area contributed by atoms with E-state index >= 15 is 0 Å². The van der Waals surface area contributed by atoms with Crippen LogP contribution in [0.2, 0.25) is 0 Å². The molecule has 31 heavy (non-hydrogen) atoms. The molecule has 1 atom stereocenters. The van der Waals surface area contributed by atoms with Crippen molar-refractivity contribution in [3.8, 4) is 0 Å². The normalized spacial score (nSPS) is 15.7. The Morgan fingerprint density at radius 1 is 0.968 bits per heavy atom. The van der Waals surface area contributed by atoms with Gasteiger partial charge in [0.25, 0.3) is 5.91 Å². The van der Waals surface area contributed by atoms with Gasteiger partial charge in [0.15, 0.2) is 10.6 Å². The number of halogens is 1. The van der Waals surface area contributed by atoms with Crippen molar-refractivity contribution in [1.82, 2.24) is 4.98 Å². The van der Waals surface area contributed by atoms with Crippen LogP contribution in [0.5, 0.6) is 0 Å². The Balaban J connectivity index is 1.64. The highest BCUT2D eigenvalue weighted by Crippen LogP contribution is 2.43. The van der Waals surface area contributed by atoms with Crippen LogP contribution >= 0.6 is 11.3 Å². The van der Waals surface area contributed by atoms with Crippen molar-refractivity contribution in [2.45, 2.75) is 6.04 Å². The largest absolute Gasteiger partial charge is 0.450 e. The summed E-state index contributed by atoms with van der Waals surface area (Å²) in [6.07, 6.45) is 0. The predicted molar refractivity (Wildman–Crippen MR) is 117 cm³/mol. The molecule has 1 amide bonds. The zero-order valence-corrected chi connectivity index (χ0v) is 16.7. The van der Waals surface area contributed by atoms with Gasteiger partial charge in [0.1, 0.15) is 11.4 Å². The molecule has 1 aliphatic heterocycles. The maximum atomic E-state index is 13.7. The number of fused-ring (bicyclic) bond motifs is 3. The second-order valence-corrected chi connectivity index (χ2v) is 8.28. The second kappa shape index (κ2) is 6.58. The molecule has 6 rings (SSSR count). The molecule has 0 bridgehead atoms. The molecular formula is C24H13FN2O3S. The van der Waals surface area contributed by atoms with E-state index in [-0.39, 0.29) is 17.0 Å². The van der Waals surface area contributed by atoms with Gasteiger partial charge in [-0.2, -0.15) is 0 Å². The third-order valence-electron chi connectivity index (χ3n) is 5.44. The molecule has 0 spiro atoms. The van der Waals surface area contributed by atoms with Crippen LogP contribution in [-0.2, 0) is 0 Å². The summed E-state index contributed by atoms with van der Waals surface area (Å²) in [5.41, 5.74) is 1.76. The molecule has 7 heteroatoms. The van der Waals surface area contributed by atoms with E-state index in [1.54, 1.807) is 30.3 Å². The molecule has 150 valence electrons. The zero-order chi connectivity index (χ0) is 21.1. The lowest BCUT2D eigenvalue weighted by atomic mass is 9.99. The molecule has 1 aliphatic rings. The Morgan fingerprint density at radius 2 is 1.74 bits per heavy atom. The van der Waals surface area contributed by atoms with Gasteiger partial charge in [-0.25, -0.2) is 9.37 Å². The third-order valence-corrected chi connectivity index (χ3v) is 6.46. The molecule has 0 radical (unpaired) electrons. The molecule has 1 unspecified atom stereocenters. The lowest BCUT2D eigenvalue weighted by Crippen LogP contribution is -2.29. The molecule has 5 nitrogen and oxygen atoms in total. The first-order chi connectivity index (χ1) is 15.1. The average molecular weight is 428 g/mol. The van der Waals surface area contributed by atoms with E-state index < -0.39 is 11.9 Å². The Hall–Kier alpha value is -3.84. The van der Waals surface area contributed by atoms with Crippen LogP contribution in [0, 0.1) is 5.82 Å². The minimum absolute atomic E-state index is 0.0167. The molecule has 3 aromatic carbocycles. The Bertz CT molecular complexity index is 1560. The van der Waals surface area contributed by atoms with Gasteiger partial charge in [0.05, 0.1) is 27.2 Å². The SMILES string of the molecule is O=C1c2oc3ccccc3c(=O)c2C(c2ccccc2)N1c1nc2ccc(F)cc2s1. The molecule has 2 aromatic heterocycles. The van der Waals surface area contributed by atoms with Gasteiger partial charge < -0.3 is 4.42 Å². The van der Waals surface area contributed by atoms with Crippen LogP contribution in [0.1, 0.15) is 27.7 Å². The van der Waals surface area contributed by atoms with Crippen molar-refractivity contribution in [2.24, 2.45) is 0 Å². The van der Waals surface area contributed by atoms with E-state index in [1.807, 2.05) is 30.3 Å². The van der Waals surface area contributed by atoms with Crippen LogP contribution in [0.4, 0.5) is 9.52 Å². The second-order valence-electron chi connectivity index (χ2n) is 7.27. The maximum Gasteiger partial charge on any atom is 0.297 e. The topological polar surface area (TPSA) is 63.4 Å². The maximum absolute atomic E-state index is 13.7. The van der Waals surface area contributed by atoms with Gasteiger partial charge in [-0.3, -0.25) is 14.5 Å². The quantitative estimate of drug-likeness (QED) is 0.383. The first kappa shape index (κ1) is 18.0. The number of amides is 1. The molecule has 0 N–H and O–H groups in total. The number of hydrogen-bond donors (Lipinski definition) is 0. The summed E-state index contributed by atoms with van der Waals surface area (Å²) >= 11 is 1.20. The summed E-state index contributed by atoms with van der Waals surface area (Å²) < 4.78 is 20.3. The van der Waals surface area contributed by atoms with Gasteiger partial charge in [0, 0.05) is 0 Å². The molecule has 0 fully saturated rings.